The number of carbonyl (C=O) groups excluding carboxylic acids is 1. The van der Waals surface area contributed by atoms with Crippen molar-refractivity contribution in [1.82, 2.24) is 24.6 Å². The minimum atomic E-state index is -0.113. The maximum Gasteiger partial charge on any atom is 0.254 e. The summed E-state index contributed by atoms with van der Waals surface area (Å²) in [5.74, 6) is -0.0575. The average Bonchev–Trinajstić information content (AvgIpc) is 3.34. The number of nitrogens with zero attached hydrogens (tertiary/aromatic N) is 5. The molecule has 0 saturated heterocycles. The van der Waals surface area contributed by atoms with Crippen molar-refractivity contribution in [2.75, 3.05) is 7.05 Å². The summed E-state index contributed by atoms with van der Waals surface area (Å²) in [6.07, 6.45) is 5.30. The van der Waals surface area contributed by atoms with Crippen molar-refractivity contribution in [2.45, 2.75) is 46.7 Å². The molecule has 4 rings (SSSR count). The van der Waals surface area contributed by atoms with Gasteiger partial charge in [-0.15, -0.1) is 11.3 Å². The number of thiophene rings is 1. The molecule has 31 heavy (non-hydrogen) atoms. The van der Waals surface area contributed by atoms with E-state index in [9.17, 15) is 4.79 Å². The number of carbonyl (C=O) groups is 1. The predicted molar refractivity (Wildman–Crippen MR) is 125 cm³/mol. The van der Waals surface area contributed by atoms with Crippen molar-refractivity contribution < 1.29 is 4.79 Å². The van der Waals surface area contributed by atoms with E-state index in [0.29, 0.717) is 5.56 Å². The van der Waals surface area contributed by atoms with Crippen LogP contribution in [0, 0.1) is 13.8 Å². The summed E-state index contributed by atoms with van der Waals surface area (Å²) in [6, 6.07) is 7.96. The Balaban J connectivity index is 1.86. The fraction of sp³-hybridized carbons (Fsp3) is 0.333. The van der Waals surface area contributed by atoms with E-state index < -0.39 is 0 Å². The molecule has 0 N–H and O–H groups in total. The molecule has 1 atom stereocenters. The van der Waals surface area contributed by atoms with Gasteiger partial charge in [0.25, 0.3) is 5.91 Å². The molecular weight excluding hydrogens is 406 g/mol. The van der Waals surface area contributed by atoms with E-state index >= 15 is 0 Å². The summed E-state index contributed by atoms with van der Waals surface area (Å²) in [5, 5.41) is 5.31. The van der Waals surface area contributed by atoms with Gasteiger partial charge in [-0.1, -0.05) is 6.07 Å². The normalized spacial score (nSPS) is 12.5. The second kappa shape index (κ2) is 8.23. The lowest BCUT2D eigenvalue weighted by Crippen LogP contribution is -2.30. The van der Waals surface area contributed by atoms with Crippen LogP contribution in [0.3, 0.4) is 0 Å². The Kier molecular flexibility index (Phi) is 5.62. The van der Waals surface area contributed by atoms with Gasteiger partial charge in [0.15, 0.2) is 5.65 Å². The van der Waals surface area contributed by atoms with Crippen LogP contribution in [0.25, 0.3) is 22.3 Å². The van der Waals surface area contributed by atoms with Gasteiger partial charge in [0.1, 0.15) is 0 Å². The third-order valence-corrected chi connectivity index (χ3v) is 6.64. The number of hydrogen-bond donors (Lipinski definition) is 0. The first-order chi connectivity index (χ1) is 14.8. The molecule has 6 nitrogen and oxygen atoms in total. The molecule has 0 aliphatic rings. The second-order valence-corrected chi connectivity index (χ2v) is 9.64. The highest BCUT2D eigenvalue weighted by Gasteiger charge is 2.24. The highest BCUT2D eigenvalue weighted by molar-refractivity contribution is 7.12. The van der Waals surface area contributed by atoms with E-state index in [1.807, 2.05) is 36.9 Å². The first-order valence-electron chi connectivity index (χ1n) is 10.4. The molecule has 1 unspecified atom stereocenters. The fourth-order valence-electron chi connectivity index (χ4n) is 3.81. The zero-order valence-electron chi connectivity index (χ0n) is 18.7. The molecule has 0 aliphatic carbocycles. The molecule has 0 aliphatic heterocycles. The molecule has 160 valence electrons. The van der Waals surface area contributed by atoms with Crippen molar-refractivity contribution in [3.05, 3.63) is 63.7 Å². The van der Waals surface area contributed by atoms with Crippen molar-refractivity contribution in [2.24, 2.45) is 0 Å². The zero-order chi connectivity index (χ0) is 22.3. The number of aryl methyl sites for hydroxylation is 2. The number of aromatic nitrogens is 4. The van der Waals surface area contributed by atoms with Crippen molar-refractivity contribution in [3.8, 4) is 11.3 Å². The molecular formula is C24H27N5OS. The minimum absolute atomic E-state index is 0.0575. The molecule has 0 spiro atoms. The summed E-state index contributed by atoms with van der Waals surface area (Å²) in [4.78, 5) is 27.0. The molecule has 4 aromatic heterocycles. The number of fused-ring (bicyclic) bond motifs is 1. The molecule has 4 heterocycles. The van der Waals surface area contributed by atoms with Gasteiger partial charge in [-0.2, -0.15) is 5.10 Å². The standard InChI is InChI=1S/C24H27N5OS/c1-14(2)29-23-21(13-26-29)20(11-22(27-23)19-10-15(3)31-17(19)5)24(30)28(6)16(4)18-8-7-9-25-12-18/h7-14,16H,1-6H3. The lowest BCUT2D eigenvalue weighted by Gasteiger charge is -2.25. The van der Waals surface area contributed by atoms with Gasteiger partial charge >= 0.3 is 0 Å². The number of amides is 1. The van der Waals surface area contributed by atoms with Crippen LogP contribution in [0.2, 0.25) is 0 Å². The van der Waals surface area contributed by atoms with Crippen LogP contribution in [0.15, 0.2) is 42.9 Å². The maximum absolute atomic E-state index is 13.7. The Morgan fingerprint density at radius 1 is 1.16 bits per heavy atom. The van der Waals surface area contributed by atoms with Crippen LogP contribution in [-0.2, 0) is 0 Å². The summed E-state index contributed by atoms with van der Waals surface area (Å²) in [7, 11) is 1.83. The molecule has 0 fully saturated rings. The second-order valence-electron chi connectivity index (χ2n) is 8.18. The SMILES string of the molecule is Cc1cc(-c2cc(C(=O)N(C)C(C)c3cccnc3)c3cnn(C(C)C)c3n2)c(C)s1. The van der Waals surface area contributed by atoms with E-state index in [1.54, 1.807) is 34.8 Å². The molecule has 7 heteroatoms. The molecule has 0 aromatic carbocycles. The average molecular weight is 434 g/mol. The topological polar surface area (TPSA) is 63.9 Å². The quantitative estimate of drug-likeness (QED) is 0.412. The first-order valence-corrected chi connectivity index (χ1v) is 11.2. The third-order valence-electron chi connectivity index (χ3n) is 5.67. The summed E-state index contributed by atoms with van der Waals surface area (Å²) < 4.78 is 1.88. The monoisotopic (exact) mass is 433 g/mol. The third kappa shape index (κ3) is 3.85. The lowest BCUT2D eigenvalue weighted by atomic mass is 10.0. The largest absolute Gasteiger partial charge is 0.335 e. The Morgan fingerprint density at radius 3 is 2.55 bits per heavy atom. The van der Waals surface area contributed by atoms with E-state index in [0.717, 1.165) is 27.9 Å². The fourth-order valence-corrected chi connectivity index (χ4v) is 4.74. The van der Waals surface area contributed by atoms with Crippen LogP contribution >= 0.6 is 11.3 Å². The van der Waals surface area contributed by atoms with E-state index in [1.165, 1.54) is 9.75 Å². The first kappa shape index (κ1) is 21.2. The number of rotatable bonds is 5. The Labute approximate surface area is 186 Å². The van der Waals surface area contributed by atoms with Gasteiger partial charge in [-0.05, 0) is 58.4 Å². The van der Waals surface area contributed by atoms with E-state index in [-0.39, 0.29) is 18.0 Å². The van der Waals surface area contributed by atoms with E-state index in [4.69, 9.17) is 4.98 Å². The van der Waals surface area contributed by atoms with Gasteiger partial charge in [0, 0.05) is 40.8 Å². The van der Waals surface area contributed by atoms with Crippen LogP contribution in [-0.4, -0.2) is 37.6 Å². The van der Waals surface area contributed by atoms with Gasteiger partial charge in [-0.3, -0.25) is 9.78 Å². The summed E-state index contributed by atoms with van der Waals surface area (Å²) in [6.45, 7) is 10.3. The Bertz CT molecular complexity index is 1240. The molecule has 4 aromatic rings. The van der Waals surface area contributed by atoms with Crippen LogP contribution in [0.5, 0.6) is 0 Å². The number of pyridine rings is 2. The maximum atomic E-state index is 13.7. The predicted octanol–water partition coefficient (Wildman–Crippen LogP) is 5.59. The highest BCUT2D eigenvalue weighted by atomic mass is 32.1. The van der Waals surface area contributed by atoms with Crippen molar-refractivity contribution >= 4 is 28.3 Å². The Morgan fingerprint density at radius 2 is 1.94 bits per heavy atom. The summed E-state index contributed by atoms with van der Waals surface area (Å²) >= 11 is 1.74. The van der Waals surface area contributed by atoms with Gasteiger partial charge < -0.3 is 4.90 Å². The molecule has 1 amide bonds. The van der Waals surface area contributed by atoms with Crippen LogP contribution in [0.4, 0.5) is 0 Å². The zero-order valence-corrected chi connectivity index (χ0v) is 19.6. The minimum Gasteiger partial charge on any atom is -0.335 e. The Hall–Kier alpha value is -3.06. The smallest absolute Gasteiger partial charge is 0.254 e. The number of hydrogen-bond acceptors (Lipinski definition) is 5. The molecule has 0 saturated carbocycles. The van der Waals surface area contributed by atoms with Gasteiger partial charge in [-0.25, -0.2) is 9.67 Å². The van der Waals surface area contributed by atoms with Gasteiger partial charge in [0.2, 0.25) is 0 Å². The van der Waals surface area contributed by atoms with Crippen LogP contribution < -0.4 is 0 Å². The van der Waals surface area contributed by atoms with Gasteiger partial charge in [0.05, 0.1) is 28.9 Å². The summed E-state index contributed by atoms with van der Waals surface area (Å²) in [5.41, 5.74) is 4.22. The molecule has 0 bridgehead atoms. The van der Waals surface area contributed by atoms with Crippen molar-refractivity contribution in [3.63, 3.8) is 0 Å². The molecule has 0 radical (unpaired) electrons. The van der Waals surface area contributed by atoms with E-state index in [2.05, 4.69) is 43.8 Å². The van der Waals surface area contributed by atoms with Crippen LogP contribution in [0.1, 0.15) is 58.5 Å². The van der Waals surface area contributed by atoms with Crippen molar-refractivity contribution in [1.29, 1.82) is 0 Å². The lowest BCUT2D eigenvalue weighted by molar-refractivity contribution is 0.0744. The highest BCUT2D eigenvalue weighted by Crippen LogP contribution is 2.33.